The van der Waals surface area contributed by atoms with Crippen LogP contribution < -0.4 is 4.90 Å². The van der Waals surface area contributed by atoms with Crippen molar-refractivity contribution in [2.24, 2.45) is 0 Å². The molecule has 31 heavy (non-hydrogen) atoms. The number of hydrogen-bond acceptors (Lipinski definition) is 5. The summed E-state index contributed by atoms with van der Waals surface area (Å²) in [6.07, 6.45) is -1.60. The minimum Gasteiger partial charge on any atom is -0.354 e. The maximum Gasteiger partial charge on any atom is 0.433 e. The highest BCUT2D eigenvalue weighted by Crippen LogP contribution is 2.32. The molecule has 0 bridgehead atoms. The minimum absolute atomic E-state index is 0.0000561. The minimum atomic E-state index is -4.58. The predicted octanol–water partition coefficient (Wildman–Crippen LogP) is 4.58. The fourth-order valence-corrected chi connectivity index (χ4v) is 3.68. The molecule has 4 rings (SSSR count). The van der Waals surface area contributed by atoms with Crippen LogP contribution in [0.4, 0.5) is 23.4 Å². The Balaban J connectivity index is 1.55. The van der Waals surface area contributed by atoms with E-state index in [0.717, 1.165) is 11.6 Å². The van der Waals surface area contributed by atoms with Gasteiger partial charge in [0, 0.05) is 56.2 Å². The van der Waals surface area contributed by atoms with Crippen LogP contribution in [0.25, 0.3) is 11.4 Å². The summed E-state index contributed by atoms with van der Waals surface area (Å²) in [6.45, 7) is 4.23. The van der Waals surface area contributed by atoms with Gasteiger partial charge < -0.3 is 4.90 Å². The van der Waals surface area contributed by atoms with Gasteiger partial charge >= 0.3 is 6.18 Å². The van der Waals surface area contributed by atoms with Crippen molar-refractivity contribution >= 4 is 5.82 Å². The molecule has 0 aliphatic carbocycles. The zero-order valence-electron chi connectivity index (χ0n) is 16.8. The number of halogens is 4. The fraction of sp³-hybridized carbons (Fsp3) is 0.318. The first-order valence-corrected chi connectivity index (χ1v) is 9.92. The van der Waals surface area contributed by atoms with E-state index in [2.05, 4.69) is 19.9 Å². The van der Waals surface area contributed by atoms with E-state index >= 15 is 0 Å². The molecule has 1 fully saturated rings. The molecule has 162 valence electrons. The summed E-state index contributed by atoms with van der Waals surface area (Å²) in [6, 6.07) is 10.7. The van der Waals surface area contributed by atoms with Gasteiger partial charge in [-0.2, -0.15) is 13.2 Å². The van der Waals surface area contributed by atoms with Gasteiger partial charge in [-0.05, 0) is 36.8 Å². The molecule has 1 saturated heterocycles. The Hall–Kier alpha value is -3.07. The van der Waals surface area contributed by atoms with E-state index in [1.165, 1.54) is 24.5 Å². The van der Waals surface area contributed by atoms with Crippen LogP contribution in [0.3, 0.4) is 0 Å². The molecule has 9 heteroatoms. The van der Waals surface area contributed by atoms with Gasteiger partial charge in [-0.1, -0.05) is 12.1 Å². The van der Waals surface area contributed by atoms with E-state index in [0.29, 0.717) is 31.7 Å². The second-order valence-electron chi connectivity index (χ2n) is 7.43. The zero-order chi connectivity index (χ0) is 22.0. The summed E-state index contributed by atoms with van der Waals surface area (Å²) in [4.78, 5) is 16.1. The number of nitrogens with zero attached hydrogens (tertiary/aromatic N) is 5. The molecular weight excluding hydrogens is 410 g/mol. The largest absolute Gasteiger partial charge is 0.433 e. The summed E-state index contributed by atoms with van der Waals surface area (Å²) < 4.78 is 53.9. The summed E-state index contributed by atoms with van der Waals surface area (Å²) in [5.74, 6) is -0.0562. The third-order valence-corrected chi connectivity index (χ3v) is 5.44. The Morgan fingerprint density at radius 1 is 0.968 bits per heavy atom. The molecule has 1 atom stereocenters. The van der Waals surface area contributed by atoms with Crippen molar-refractivity contribution in [3.8, 4) is 11.4 Å². The molecule has 0 saturated carbocycles. The first-order valence-electron chi connectivity index (χ1n) is 9.92. The molecule has 3 aromatic rings. The molecule has 3 heterocycles. The van der Waals surface area contributed by atoms with E-state index in [-0.39, 0.29) is 23.5 Å². The third kappa shape index (κ3) is 4.82. The second kappa shape index (κ2) is 8.58. The van der Waals surface area contributed by atoms with E-state index in [9.17, 15) is 17.6 Å². The summed E-state index contributed by atoms with van der Waals surface area (Å²) in [5, 5.41) is 0. The molecule has 2 aromatic heterocycles. The summed E-state index contributed by atoms with van der Waals surface area (Å²) in [7, 11) is 0. The van der Waals surface area contributed by atoms with E-state index < -0.39 is 11.9 Å². The summed E-state index contributed by atoms with van der Waals surface area (Å²) in [5.41, 5.74) is 0.314. The molecule has 0 N–H and O–H groups in total. The average molecular weight is 431 g/mol. The number of aromatic nitrogens is 3. The van der Waals surface area contributed by atoms with Crippen molar-refractivity contribution in [2.75, 3.05) is 31.1 Å². The van der Waals surface area contributed by atoms with Crippen LogP contribution in [0.5, 0.6) is 0 Å². The van der Waals surface area contributed by atoms with Gasteiger partial charge in [0.05, 0.1) is 0 Å². The quantitative estimate of drug-likeness (QED) is 0.566. The molecule has 0 amide bonds. The molecule has 1 aliphatic rings. The van der Waals surface area contributed by atoms with Gasteiger partial charge in [0.1, 0.15) is 11.6 Å². The van der Waals surface area contributed by atoms with Crippen molar-refractivity contribution in [3.63, 3.8) is 0 Å². The van der Waals surface area contributed by atoms with E-state index in [4.69, 9.17) is 0 Å². The van der Waals surface area contributed by atoms with Gasteiger partial charge in [-0.15, -0.1) is 0 Å². The van der Waals surface area contributed by atoms with Crippen LogP contribution in [0.2, 0.25) is 0 Å². The molecule has 1 aromatic carbocycles. The zero-order valence-corrected chi connectivity index (χ0v) is 16.8. The van der Waals surface area contributed by atoms with Crippen LogP contribution in [-0.2, 0) is 6.18 Å². The van der Waals surface area contributed by atoms with Crippen LogP contribution in [-0.4, -0.2) is 46.0 Å². The average Bonchev–Trinajstić information content (AvgIpc) is 2.78. The molecule has 0 radical (unpaired) electrons. The number of rotatable bonds is 4. The highest BCUT2D eigenvalue weighted by Gasteiger charge is 2.35. The lowest BCUT2D eigenvalue weighted by atomic mass is 10.1. The van der Waals surface area contributed by atoms with E-state index in [1.54, 1.807) is 18.2 Å². The lowest BCUT2D eigenvalue weighted by Crippen LogP contribution is -2.47. The van der Waals surface area contributed by atoms with Crippen molar-refractivity contribution in [1.29, 1.82) is 0 Å². The van der Waals surface area contributed by atoms with Gasteiger partial charge in [-0.3, -0.25) is 9.88 Å². The number of benzene rings is 1. The standard InChI is InChI=1S/C22H21F4N5/c1-15(16-4-2-6-18(23)12-16)30-8-10-31(11-9-30)20-13-19(22(24,25)26)28-21(29-20)17-5-3-7-27-14-17/h2-7,12-15H,8-11H2,1H3/t15-/m0/s1. The first-order chi connectivity index (χ1) is 14.8. The van der Waals surface area contributed by atoms with Crippen LogP contribution in [0.15, 0.2) is 54.9 Å². The van der Waals surface area contributed by atoms with E-state index in [1.807, 2.05) is 17.9 Å². The maximum absolute atomic E-state index is 13.6. The van der Waals surface area contributed by atoms with Crippen molar-refractivity contribution < 1.29 is 17.6 Å². The Morgan fingerprint density at radius 3 is 2.39 bits per heavy atom. The normalized spacial score (nSPS) is 16.4. The highest BCUT2D eigenvalue weighted by molar-refractivity contribution is 5.57. The molecule has 5 nitrogen and oxygen atoms in total. The smallest absolute Gasteiger partial charge is 0.354 e. The summed E-state index contributed by atoms with van der Waals surface area (Å²) >= 11 is 0. The molecule has 1 aliphatic heterocycles. The van der Waals surface area contributed by atoms with Crippen molar-refractivity contribution in [2.45, 2.75) is 19.1 Å². The maximum atomic E-state index is 13.6. The van der Waals surface area contributed by atoms with Crippen molar-refractivity contribution in [3.05, 3.63) is 71.9 Å². The Bertz CT molecular complexity index is 1030. The first kappa shape index (κ1) is 21.2. The number of piperazine rings is 1. The van der Waals surface area contributed by atoms with Crippen LogP contribution in [0, 0.1) is 5.82 Å². The van der Waals surface area contributed by atoms with Gasteiger partial charge in [0.25, 0.3) is 0 Å². The number of hydrogen-bond donors (Lipinski definition) is 0. The van der Waals surface area contributed by atoms with Crippen molar-refractivity contribution in [1.82, 2.24) is 19.9 Å². The monoisotopic (exact) mass is 431 g/mol. The van der Waals surface area contributed by atoms with Gasteiger partial charge in [0.2, 0.25) is 0 Å². The van der Waals surface area contributed by atoms with Gasteiger partial charge in [-0.25, -0.2) is 14.4 Å². The lowest BCUT2D eigenvalue weighted by Gasteiger charge is -2.39. The second-order valence-corrected chi connectivity index (χ2v) is 7.43. The molecule has 0 unspecified atom stereocenters. The SMILES string of the molecule is C[C@@H](c1cccc(F)c1)N1CCN(c2cc(C(F)(F)F)nc(-c3cccnc3)n2)CC1. The number of pyridine rings is 1. The third-order valence-electron chi connectivity index (χ3n) is 5.44. The number of alkyl halides is 3. The lowest BCUT2D eigenvalue weighted by molar-refractivity contribution is -0.141. The van der Waals surface area contributed by atoms with Crippen LogP contribution >= 0.6 is 0 Å². The molecular formula is C22H21F4N5. The van der Waals surface area contributed by atoms with Gasteiger partial charge in [0.15, 0.2) is 11.5 Å². The van der Waals surface area contributed by atoms with Crippen LogP contribution in [0.1, 0.15) is 24.2 Å². The predicted molar refractivity (Wildman–Crippen MR) is 109 cm³/mol. The molecule has 0 spiro atoms. The topological polar surface area (TPSA) is 45.2 Å². The Morgan fingerprint density at radius 2 is 1.74 bits per heavy atom. The number of anilines is 1. The highest BCUT2D eigenvalue weighted by atomic mass is 19.4. The fourth-order valence-electron chi connectivity index (χ4n) is 3.68. The Labute approximate surface area is 177 Å². The Kier molecular flexibility index (Phi) is 5.86.